The third-order valence-electron chi connectivity index (χ3n) is 4.55. The SMILES string of the molecule is C/C(=N/OC(=O)C1CC1)[C@H]1C[C@@H]1c1ccc(C(C)C)cc1. The van der Waals surface area contributed by atoms with Gasteiger partial charge in [-0.05, 0) is 49.1 Å². The molecule has 3 nitrogen and oxygen atoms in total. The molecule has 0 N–H and O–H groups in total. The smallest absolute Gasteiger partial charge is 0.318 e. The molecule has 21 heavy (non-hydrogen) atoms. The zero-order valence-electron chi connectivity index (χ0n) is 13.0. The van der Waals surface area contributed by atoms with E-state index >= 15 is 0 Å². The summed E-state index contributed by atoms with van der Waals surface area (Å²) in [4.78, 5) is 16.5. The normalized spacial score (nSPS) is 25.0. The first kappa shape index (κ1) is 14.3. The van der Waals surface area contributed by atoms with Crippen LogP contribution in [0.25, 0.3) is 0 Å². The largest absolute Gasteiger partial charge is 0.338 e. The molecule has 0 amide bonds. The van der Waals surface area contributed by atoms with Crippen LogP contribution in [0.2, 0.25) is 0 Å². The Morgan fingerprint density at radius 3 is 2.48 bits per heavy atom. The van der Waals surface area contributed by atoms with Gasteiger partial charge in [0.2, 0.25) is 0 Å². The highest BCUT2D eigenvalue weighted by Gasteiger charge is 2.41. The minimum absolute atomic E-state index is 0.111. The Kier molecular flexibility index (Phi) is 3.83. The lowest BCUT2D eigenvalue weighted by molar-refractivity contribution is -0.145. The zero-order chi connectivity index (χ0) is 15.0. The van der Waals surface area contributed by atoms with Crippen LogP contribution in [-0.2, 0) is 9.63 Å². The fourth-order valence-corrected chi connectivity index (χ4v) is 2.73. The molecular weight excluding hydrogens is 262 g/mol. The van der Waals surface area contributed by atoms with Crippen molar-refractivity contribution in [3.05, 3.63) is 35.4 Å². The van der Waals surface area contributed by atoms with Crippen molar-refractivity contribution in [1.82, 2.24) is 0 Å². The average molecular weight is 285 g/mol. The van der Waals surface area contributed by atoms with Crippen molar-refractivity contribution in [2.24, 2.45) is 17.0 Å². The summed E-state index contributed by atoms with van der Waals surface area (Å²) >= 11 is 0. The highest BCUT2D eigenvalue weighted by molar-refractivity contribution is 5.88. The molecule has 0 heterocycles. The fraction of sp³-hybridized carbons (Fsp3) is 0.556. The van der Waals surface area contributed by atoms with Crippen molar-refractivity contribution < 1.29 is 9.63 Å². The second-order valence-electron chi connectivity index (χ2n) is 6.69. The van der Waals surface area contributed by atoms with Gasteiger partial charge in [-0.25, -0.2) is 4.79 Å². The molecule has 0 saturated heterocycles. The topological polar surface area (TPSA) is 38.7 Å². The van der Waals surface area contributed by atoms with Crippen LogP contribution in [0.5, 0.6) is 0 Å². The van der Waals surface area contributed by atoms with Crippen LogP contribution in [0.1, 0.15) is 63.0 Å². The van der Waals surface area contributed by atoms with Gasteiger partial charge in [-0.1, -0.05) is 43.3 Å². The molecule has 3 heteroatoms. The van der Waals surface area contributed by atoms with E-state index in [9.17, 15) is 4.79 Å². The number of oxime groups is 1. The van der Waals surface area contributed by atoms with Gasteiger partial charge in [0.15, 0.2) is 0 Å². The van der Waals surface area contributed by atoms with E-state index in [0.29, 0.717) is 17.8 Å². The Balaban J connectivity index is 1.57. The fourth-order valence-electron chi connectivity index (χ4n) is 2.73. The first-order valence-electron chi connectivity index (χ1n) is 7.91. The van der Waals surface area contributed by atoms with Gasteiger partial charge < -0.3 is 4.84 Å². The van der Waals surface area contributed by atoms with Gasteiger partial charge in [0.25, 0.3) is 0 Å². The summed E-state index contributed by atoms with van der Waals surface area (Å²) in [7, 11) is 0. The lowest BCUT2D eigenvalue weighted by atomic mass is 9.99. The monoisotopic (exact) mass is 285 g/mol. The highest BCUT2D eigenvalue weighted by Crippen LogP contribution is 2.48. The van der Waals surface area contributed by atoms with E-state index in [1.54, 1.807) is 0 Å². The maximum atomic E-state index is 11.5. The van der Waals surface area contributed by atoms with E-state index in [2.05, 4.69) is 43.3 Å². The summed E-state index contributed by atoms with van der Waals surface area (Å²) in [5.41, 5.74) is 3.69. The Labute approximate surface area is 126 Å². The molecule has 112 valence electrons. The van der Waals surface area contributed by atoms with Gasteiger partial charge >= 0.3 is 5.97 Å². The van der Waals surface area contributed by atoms with Gasteiger partial charge in [-0.2, -0.15) is 0 Å². The second-order valence-corrected chi connectivity index (χ2v) is 6.69. The third kappa shape index (κ3) is 3.34. The maximum Gasteiger partial charge on any atom is 0.338 e. The van der Waals surface area contributed by atoms with E-state index in [0.717, 1.165) is 25.0 Å². The van der Waals surface area contributed by atoms with Crippen LogP contribution in [0.4, 0.5) is 0 Å². The summed E-state index contributed by atoms with van der Waals surface area (Å²) in [6, 6.07) is 8.89. The number of hydrogen-bond donors (Lipinski definition) is 0. The van der Waals surface area contributed by atoms with Crippen molar-refractivity contribution in [1.29, 1.82) is 0 Å². The summed E-state index contributed by atoms with van der Waals surface area (Å²) in [6.45, 7) is 6.38. The number of carbonyl (C=O) groups excluding carboxylic acids is 1. The predicted octanol–water partition coefficient (Wildman–Crippen LogP) is 4.24. The van der Waals surface area contributed by atoms with Gasteiger partial charge in [0.05, 0.1) is 11.6 Å². The predicted molar refractivity (Wildman–Crippen MR) is 83.3 cm³/mol. The summed E-state index contributed by atoms with van der Waals surface area (Å²) in [5, 5.41) is 4.04. The number of hydrogen-bond acceptors (Lipinski definition) is 3. The van der Waals surface area contributed by atoms with E-state index in [1.807, 2.05) is 6.92 Å². The Bertz CT molecular complexity index is 555. The molecule has 2 saturated carbocycles. The minimum Gasteiger partial charge on any atom is -0.318 e. The van der Waals surface area contributed by atoms with Crippen LogP contribution in [0.15, 0.2) is 29.4 Å². The second kappa shape index (κ2) is 5.63. The van der Waals surface area contributed by atoms with Gasteiger partial charge in [-0.3, -0.25) is 0 Å². The Morgan fingerprint density at radius 2 is 1.90 bits per heavy atom. The van der Waals surface area contributed by atoms with Crippen molar-refractivity contribution >= 4 is 11.7 Å². The quantitative estimate of drug-likeness (QED) is 0.461. The molecular formula is C18H23NO2. The van der Waals surface area contributed by atoms with Crippen LogP contribution in [0, 0.1) is 11.8 Å². The molecule has 2 aliphatic rings. The van der Waals surface area contributed by atoms with E-state index in [4.69, 9.17) is 4.84 Å². The lowest BCUT2D eigenvalue weighted by Crippen LogP contribution is -2.05. The standard InChI is InChI=1S/C18H23NO2/c1-11(2)13-4-6-14(7-5-13)17-10-16(17)12(3)19-21-18(20)15-8-9-15/h4-7,11,15-17H,8-10H2,1-3H3/b19-12-/t16-,17-/m1/s1. The summed E-state index contributed by atoms with van der Waals surface area (Å²) < 4.78 is 0. The van der Waals surface area contributed by atoms with Crippen molar-refractivity contribution in [3.8, 4) is 0 Å². The molecule has 0 spiro atoms. The summed E-state index contributed by atoms with van der Waals surface area (Å²) in [5.74, 6) is 1.49. The van der Waals surface area contributed by atoms with Crippen molar-refractivity contribution in [2.45, 2.75) is 51.9 Å². The van der Waals surface area contributed by atoms with Crippen LogP contribution >= 0.6 is 0 Å². The molecule has 0 aliphatic heterocycles. The minimum atomic E-state index is -0.159. The summed E-state index contributed by atoms with van der Waals surface area (Å²) in [6.07, 6.45) is 3.03. The molecule has 3 rings (SSSR count). The molecule has 1 aromatic carbocycles. The van der Waals surface area contributed by atoms with Crippen LogP contribution < -0.4 is 0 Å². The van der Waals surface area contributed by atoms with Gasteiger partial charge in [-0.15, -0.1) is 0 Å². The van der Waals surface area contributed by atoms with E-state index in [-0.39, 0.29) is 11.9 Å². The first-order valence-corrected chi connectivity index (χ1v) is 7.91. The van der Waals surface area contributed by atoms with E-state index in [1.165, 1.54) is 11.1 Å². The van der Waals surface area contributed by atoms with Gasteiger partial charge in [0.1, 0.15) is 0 Å². The molecule has 0 bridgehead atoms. The molecule has 0 aromatic heterocycles. The van der Waals surface area contributed by atoms with Crippen molar-refractivity contribution in [2.75, 3.05) is 0 Å². The van der Waals surface area contributed by atoms with Gasteiger partial charge in [0, 0.05) is 5.92 Å². The molecule has 0 unspecified atom stereocenters. The Hall–Kier alpha value is -1.64. The van der Waals surface area contributed by atoms with Crippen LogP contribution in [-0.4, -0.2) is 11.7 Å². The number of benzene rings is 1. The van der Waals surface area contributed by atoms with E-state index < -0.39 is 0 Å². The average Bonchev–Trinajstić information content (AvgIpc) is 3.37. The first-order chi connectivity index (χ1) is 10.1. The molecule has 2 aliphatic carbocycles. The number of nitrogens with zero attached hydrogens (tertiary/aromatic N) is 1. The zero-order valence-corrected chi connectivity index (χ0v) is 13.0. The number of rotatable bonds is 5. The highest BCUT2D eigenvalue weighted by atomic mass is 16.7. The molecule has 1 aromatic rings. The molecule has 2 atom stereocenters. The molecule has 2 fully saturated rings. The third-order valence-corrected chi connectivity index (χ3v) is 4.55. The Morgan fingerprint density at radius 1 is 1.24 bits per heavy atom. The maximum absolute atomic E-state index is 11.5. The molecule has 0 radical (unpaired) electrons. The number of carbonyl (C=O) groups is 1. The van der Waals surface area contributed by atoms with Crippen LogP contribution in [0.3, 0.4) is 0 Å². The lowest BCUT2D eigenvalue weighted by Gasteiger charge is -2.06. The van der Waals surface area contributed by atoms with Crippen molar-refractivity contribution in [3.63, 3.8) is 0 Å².